The molecule has 1 aliphatic carbocycles. The van der Waals surface area contributed by atoms with Crippen LogP contribution in [0.3, 0.4) is 0 Å². The van der Waals surface area contributed by atoms with Gasteiger partial charge in [-0.3, -0.25) is 0 Å². The Hall–Kier alpha value is -0.730. The Balaban J connectivity index is 2.17. The Bertz CT molecular complexity index is 196. The van der Waals surface area contributed by atoms with Crippen LogP contribution in [-0.2, 0) is 0 Å². The van der Waals surface area contributed by atoms with Crippen LogP contribution in [0, 0.1) is 5.92 Å². The average molecular weight is 152 g/mol. The van der Waals surface area contributed by atoms with Gasteiger partial charge in [0, 0.05) is 11.5 Å². The maximum Gasteiger partial charge on any atom is 0.0652 e. The van der Waals surface area contributed by atoms with Gasteiger partial charge in [0.2, 0.25) is 0 Å². The van der Waals surface area contributed by atoms with Gasteiger partial charge < -0.3 is 5.32 Å². The molecule has 0 aromatic carbocycles. The largest absolute Gasteiger partial charge is 0.316 e. The second kappa shape index (κ2) is 2.40. The molecule has 1 unspecified atom stereocenters. The Morgan fingerprint density at radius 1 is 1.55 bits per heavy atom. The van der Waals surface area contributed by atoms with Crippen LogP contribution >= 0.6 is 0 Å². The van der Waals surface area contributed by atoms with E-state index in [1.165, 1.54) is 12.8 Å². The van der Waals surface area contributed by atoms with Gasteiger partial charge in [-0.2, -0.15) is 0 Å². The fourth-order valence-electron chi connectivity index (χ4n) is 1.92. The molecule has 2 aliphatic rings. The fraction of sp³-hybridized carbons (Fsp3) is 1.00. The van der Waals surface area contributed by atoms with E-state index in [4.69, 9.17) is 5.53 Å². The van der Waals surface area contributed by atoms with Crippen LogP contribution in [0.5, 0.6) is 0 Å². The molecule has 1 atom stereocenters. The molecule has 0 aromatic rings. The van der Waals surface area contributed by atoms with E-state index in [0.717, 1.165) is 19.5 Å². The summed E-state index contributed by atoms with van der Waals surface area (Å²) in [7, 11) is 0. The van der Waals surface area contributed by atoms with E-state index in [1.54, 1.807) is 0 Å². The van der Waals surface area contributed by atoms with Gasteiger partial charge in [0.05, 0.1) is 5.54 Å². The molecule has 1 aliphatic heterocycles. The lowest BCUT2D eigenvalue weighted by molar-refractivity contribution is 0.406. The Labute approximate surface area is 65.6 Å². The molecule has 60 valence electrons. The Morgan fingerprint density at radius 3 is 2.82 bits per heavy atom. The topological polar surface area (TPSA) is 60.8 Å². The average Bonchev–Trinajstić information content (AvgIpc) is 2.76. The SMILES string of the molecule is [N-]=[N+]=NC1(C2CC2)CCNC1. The van der Waals surface area contributed by atoms with Gasteiger partial charge in [0.15, 0.2) is 0 Å². The normalized spacial score (nSPS) is 36.7. The molecule has 0 spiro atoms. The Morgan fingerprint density at radius 2 is 2.36 bits per heavy atom. The second-order valence-electron chi connectivity index (χ2n) is 3.49. The summed E-state index contributed by atoms with van der Waals surface area (Å²) in [6, 6.07) is 0. The minimum absolute atomic E-state index is 0.0469. The number of nitrogens with one attached hydrogen (secondary N) is 1. The molecule has 0 amide bonds. The van der Waals surface area contributed by atoms with E-state index in [0.29, 0.717) is 5.92 Å². The minimum Gasteiger partial charge on any atom is -0.316 e. The highest BCUT2D eigenvalue weighted by Gasteiger charge is 2.46. The summed E-state index contributed by atoms with van der Waals surface area (Å²) in [5.74, 6) is 0.674. The molecule has 1 heterocycles. The fourth-order valence-corrected chi connectivity index (χ4v) is 1.92. The number of azide groups is 1. The van der Waals surface area contributed by atoms with Crippen LogP contribution in [0.4, 0.5) is 0 Å². The van der Waals surface area contributed by atoms with Crippen molar-refractivity contribution in [3.63, 3.8) is 0 Å². The molecular formula is C7H12N4. The van der Waals surface area contributed by atoms with Crippen molar-refractivity contribution in [1.29, 1.82) is 0 Å². The van der Waals surface area contributed by atoms with E-state index < -0.39 is 0 Å². The van der Waals surface area contributed by atoms with Crippen molar-refractivity contribution >= 4 is 0 Å². The third-order valence-corrected chi connectivity index (χ3v) is 2.75. The second-order valence-corrected chi connectivity index (χ2v) is 3.49. The third kappa shape index (κ3) is 1.08. The summed E-state index contributed by atoms with van der Waals surface area (Å²) in [5, 5.41) is 7.19. The summed E-state index contributed by atoms with van der Waals surface area (Å²) < 4.78 is 0. The van der Waals surface area contributed by atoms with Crippen LogP contribution < -0.4 is 5.32 Å². The van der Waals surface area contributed by atoms with Crippen LogP contribution in [0.25, 0.3) is 10.4 Å². The smallest absolute Gasteiger partial charge is 0.0652 e. The monoisotopic (exact) mass is 152 g/mol. The molecule has 0 aromatic heterocycles. The predicted octanol–water partition coefficient (Wildman–Crippen LogP) is 1.44. The lowest BCUT2D eigenvalue weighted by Gasteiger charge is -2.20. The van der Waals surface area contributed by atoms with Gasteiger partial charge in [-0.05, 0) is 37.3 Å². The molecule has 2 rings (SSSR count). The lowest BCUT2D eigenvalue weighted by atomic mass is 9.94. The Kier molecular flexibility index (Phi) is 1.51. The van der Waals surface area contributed by atoms with Crippen molar-refractivity contribution < 1.29 is 0 Å². The van der Waals surface area contributed by atoms with Crippen LogP contribution in [0.2, 0.25) is 0 Å². The number of nitrogens with zero attached hydrogens (tertiary/aromatic N) is 3. The third-order valence-electron chi connectivity index (χ3n) is 2.75. The maximum atomic E-state index is 8.40. The van der Waals surface area contributed by atoms with E-state index in [1.807, 2.05) is 0 Å². The van der Waals surface area contributed by atoms with Gasteiger partial charge >= 0.3 is 0 Å². The lowest BCUT2D eigenvalue weighted by Crippen LogP contribution is -2.31. The molecule has 1 saturated carbocycles. The van der Waals surface area contributed by atoms with Crippen LogP contribution in [0.15, 0.2) is 5.11 Å². The van der Waals surface area contributed by atoms with Gasteiger partial charge in [-0.1, -0.05) is 5.11 Å². The molecule has 2 fully saturated rings. The molecule has 1 N–H and O–H groups in total. The molecule has 11 heavy (non-hydrogen) atoms. The number of hydrogen-bond donors (Lipinski definition) is 1. The van der Waals surface area contributed by atoms with Crippen molar-refractivity contribution in [3.05, 3.63) is 10.4 Å². The quantitative estimate of drug-likeness (QED) is 0.363. The van der Waals surface area contributed by atoms with Crippen LogP contribution in [0.1, 0.15) is 19.3 Å². The van der Waals surface area contributed by atoms with Crippen molar-refractivity contribution in [2.45, 2.75) is 24.8 Å². The van der Waals surface area contributed by atoms with Crippen molar-refractivity contribution in [2.75, 3.05) is 13.1 Å². The molecule has 0 radical (unpaired) electrons. The first-order valence-electron chi connectivity index (χ1n) is 4.14. The van der Waals surface area contributed by atoms with E-state index in [-0.39, 0.29) is 5.54 Å². The summed E-state index contributed by atoms with van der Waals surface area (Å²) in [6.45, 7) is 1.90. The zero-order valence-electron chi connectivity index (χ0n) is 6.45. The highest BCUT2D eigenvalue weighted by molar-refractivity contribution is 5.06. The molecule has 1 saturated heterocycles. The van der Waals surface area contributed by atoms with Gasteiger partial charge in [-0.25, -0.2) is 0 Å². The molecule has 4 nitrogen and oxygen atoms in total. The van der Waals surface area contributed by atoms with E-state index in [2.05, 4.69) is 15.3 Å². The van der Waals surface area contributed by atoms with Gasteiger partial charge in [-0.15, -0.1) is 0 Å². The zero-order chi connectivity index (χ0) is 7.73. The van der Waals surface area contributed by atoms with Crippen molar-refractivity contribution in [2.24, 2.45) is 11.0 Å². The highest BCUT2D eigenvalue weighted by atomic mass is 15.2. The zero-order valence-corrected chi connectivity index (χ0v) is 6.45. The number of rotatable bonds is 2. The molecular weight excluding hydrogens is 140 g/mol. The summed E-state index contributed by atoms with van der Waals surface area (Å²) in [5.41, 5.74) is 8.35. The first kappa shape index (κ1) is 6.95. The predicted molar refractivity (Wildman–Crippen MR) is 42.1 cm³/mol. The minimum atomic E-state index is -0.0469. The summed E-state index contributed by atoms with van der Waals surface area (Å²) in [4.78, 5) is 2.94. The van der Waals surface area contributed by atoms with Crippen molar-refractivity contribution in [1.82, 2.24) is 5.32 Å². The van der Waals surface area contributed by atoms with E-state index in [9.17, 15) is 0 Å². The number of hydrogen-bond acceptors (Lipinski definition) is 2. The first-order valence-corrected chi connectivity index (χ1v) is 4.14. The van der Waals surface area contributed by atoms with Crippen molar-refractivity contribution in [3.8, 4) is 0 Å². The van der Waals surface area contributed by atoms with E-state index >= 15 is 0 Å². The molecule has 0 bridgehead atoms. The highest BCUT2D eigenvalue weighted by Crippen LogP contribution is 2.45. The standard InChI is InChI=1S/C7H12N4/c8-11-10-7(6-1-2-6)3-4-9-5-7/h6,9H,1-5H2. The van der Waals surface area contributed by atoms with Crippen LogP contribution in [-0.4, -0.2) is 18.6 Å². The molecule has 4 heteroatoms. The maximum absolute atomic E-state index is 8.40. The summed E-state index contributed by atoms with van der Waals surface area (Å²) >= 11 is 0. The van der Waals surface area contributed by atoms with Gasteiger partial charge in [0.1, 0.15) is 0 Å². The first-order chi connectivity index (χ1) is 5.37. The summed E-state index contributed by atoms with van der Waals surface area (Å²) in [6.07, 6.45) is 3.53. The van der Waals surface area contributed by atoms with Gasteiger partial charge in [0.25, 0.3) is 0 Å².